The first-order valence-corrected chi connectivity index (χ1v) is 6.44. The van der Waals surface area contributed by atoms with Crippen LogP contribution in [0.1, 0.15) is 16.1 Å². The third-order valence-electron chi connectivity index (χ3n) is 2.87. The quantitative estimate of drug-likeness (QED) is 0.662. The van der Waals surface area contributed by atoms with Crippen LogP contribution in [0, 0.1) is 0 Å². The Hall–Kier alpha value is -3.22. The Kier molecular flexibility index (Phi) is 3.78. The summed E-state index contributed by atoms with van der Waals surface area (Å²) in [6, 6.07) is 8.38. The van der Waals surface area contributed by atoms with Crippen LogP contribution in [0.4, 0.5) is 0 Å². The van der Waals surface area contributed by atoms with Gasteiger partial charge in [-0.1, -0.05) is 6.07 Å². The monoisotopic (exact) mass is 300 g/mol. The summed E-state index contributed by atoms with van der Waals surface area (Å²) in [7, 11) is 0. The minimum absolute atomic E-state index is 0.111. The molecule has 1 aliphatic rings. The van der Waals surface area contributed by atoms with Gasteiger partial charge < -0.3 is 13.9 Å². The van der Waals surface area contributed by atoms with Crippen LogP contribution in [0.2, 0.25) is 0 Å². The van der Waals surface area contributed by atoms with Crippen LogP contribution in [0.5, 0.6) is 11.5 Å². The summed E-state index contributed by atoms with van der Waals surface area (Å²) in [5, 5.41) is 0. The van der Waals surface area contributed by atoms with Crippen molar-refractivity contribution in [1.82, 2.24) is 10.9 Å². The lowest BCUT2D eigenvalue weighted by Gasteiger charge is -2.02. The van der Waals surface area contributed by atoms with Crippen LogP contribution in [0.25, 0.3) is 6.08 Å². The lowest BCUT2D eigenvalue weighted by atomic mass is 10.2. The SMILES string of the molecule is O=C(/C=C/c1ccc2c(c1)OCO2)NNC(=O)c1ccco1. The molecular weight excluding hydrogens is 288 g/mol. The van der Waals surface area contributed by atoms with Gasteiger partial charge in [0, 0.05) is 6.08 Å². The molecule has 0 atom stereocenters. The zero-order valence-electron chi connectivity index (χ0n) is 11.4. The average molecular weight is 300 g/mol. The van der Waals surface area contributed by atoms with E-state index in [1.807, 2.05) is 0 Å². The highest BCUT2D eigenvalue weighted by Crippen LogP contribution is 2.32. The van der Waals surface area contributed by atoms with E-state index in [1.54, 1.807) is 30.3 Å². The Morgan fingerprint density at radius 2 is 1.95 bits per heavy atom. The number of amides is 2. The number of hydrazine groups is 1. The predicted octanol–water partition coefficient (Wildman–Crippen LogP) is 1.48. The largest absolute Gasteiger partial charge is 0.459 e. The van der Waals surface area contributed by atoms with Gasteiger partial charge in [0.2, 0.25) is 6.79 Å². The molecule has 1 aliphatic heterocycles. The number of nitrogens with one attached hydrogen (secondary N) is 2. The molecule has 2 amide bonds. The Morgan fingerprint density at radius 1 is 1.09 bits per heavy atom. The molecule has 22 heavy (non-hydrogen) atoms. The van der Waals surface area contributed by atoms with Crippen molar-refractivity contribution in [2.75, 3.05) is 6.79 Å². The van der Waals surface area contributed by atoms with Gasteiger partial charge in [-0.15, -0.1) is 0 Å². The van der Waals surface area contributed by atoms with Crippen LogP contribution in [-0.4, -0.2) is 18.6 Å². The maximum atomic E-state index is 11.6. The van der Waals surface area contributed by atoms with Crippen molar-refractivity contribution in [3.8, 4) is 11.5 Å². The van der Waals surface area contributed by atoms with Crippen molar-refractivity contribution in [2.24, 2.45) is 0 Å². The molecular formula is C15H12N2O5. The van der Waals surface area contributed by atoms with Crippen LogP contribution in [0.3, 0.4) is 0 Å². The van der Waals surface area contributed by atoms with E-state index in [1.165, 1.54) is 18.4 Å². The van der Waals surface area contributed by atoms with Crippen molar-refractivity contribution < 1.29 is 23.5 Å². The third kappa shape index (κ3) is 3.09. The number of hydrogen-bond donors (Lipinski definition) is 2. The van der Waals surface area contributed by atoms with Gasteiger partial charge in [-0.25, -0.2) is 0 Å². The molecule has 1 aromatic heterocycles. The van der Waals surface area contributed by atoms with Crippen molar-refractivity contribution >= 4 is 17.9 Å². The first-order chi connectivity index (χ1) is 10.7. The normalized spacial score (nSPS) is 12.4. The molecule has 3 rings (SSSR count). The molecule has 0 saturated heterocycles. The Bertz CT molecular complexity index is 722. The number of furan rings is 1. The summed E-state index contributed by atoms with van der Waals surface area (Å²) in [5.41, 5.74) is 5.26. The van der Waals surface area contributed by atoms with E-state index in [9.17, 15) is 9.59 Å². The second-order valence-electron chi connectivity index (χ2n) is 4.37. The average Bonchev–Trinajstić information content (AvgIpc) is 3.20. The molecule has 7 heteroatoms. The summed E-state index contributed by atoms with van der Waals surface area (Å²) >= 11 is 0. The van der Waals surface area contributed by atoms with Gasteiger partial charge in [0.1, 0.15) is 0 Å². The van der Waals surface area contributed by atoms with Gasteiger partial charge in [0.15, 0.2) is 17.3 Å². The second-order valence-corrected chi connectivity index (χ2v) is 4.37. The standard InChI is InChI=1S/C15H12N2O5/c18-14(16-17-15(19)12-2-1-7-20-12)6-4-10-3-5-11-13(8-10)22-9-21-11/h1-8H,9H2,(H,16,18)(H,17,19)/b6-4+. The van der Waals surface area contributed by atoms with Crippen LogP contribution >= 0.6 is 0 Å². The number of fused-ring (bicyclic) bond motifs is 1. The second kappa shape index (κ2) is 6.04. The van der Waals surface area contributed by atoms with Crippen LogP contribution < -0.4 is 20.3 Å². The Morgan fingerprint density at radius 3 is 2.77 bits per heavy atom. The number of rotatable bonds is 3. The molecule has 2 heterocycles. The molecule has 112 valence electrons. The fourth-order valence-corrected chi connectivity index (χ4v) is 1.82. The Labute approximate surface area is 125 Å². The third-order valence-corrected chi connectivity index (χ3v) is 2.87. The highest BCUT2D eigenvalue weighted by atomic mass is 16.7. The van der Waals surface area contributed by atoms with Crippen molar-refractivity contribution in [2.45, 2.75) is 0 Å². The van der Waals surface area contributed by atoms with Gasteiger partial charge in [0.25, 0.3) is 5.91 Å². The van der Waals surface area contributed by atoms with Gasteiger partial charge in [0.05, 0.1) is 6.26 Å². The smallest absolute Gasteiger partial charge is 0.305 e. The zero-order valence-corrected chi connectivity index (χ0v) is 11.4. The van der Waals surface area contributed by atoms with Crippen molar-refractivity contribution in [1.29, 1.82) is 0 Å². The summed E-state index contributed by atoms with van der Waals surface area (Å²) in [5.74, 6) is 0.411. The molecule has 2 aromatic rings. The minimum atomic E-state index is -0.533. The topological polar surface area (TPSA) is 89.8 Å². The molecule has 7 nitrogen and oxygen atoms in total. The summed E-state index contributed by atoms with van der Waals surface area (Å²) in [4.78, 5) is 23.2. The molecule has 0 spiro atoms. The molecule has 1 aromatic carbocycles. The summed E-state index contributed by atoms with van der Waals surface area (Å²) < 4.78 is 15.3. The number of carbonyl (C=O) groups excluding carboxylic acids is 2. The van der Waals surface area contributed by atoms with Crippen LogP contribution in [-0.2, 0) is 4.79 Å². The lowest BCUT2D eigenvalue weighted by Crippen LogP contribution is -2.40. The first kappa shape index (κ1) is 13.7. The Balaban J connectivity index is 1.54. The summed E-state index contributed by atoms with van der Waals surface area (Å²) in [6.07, 6.45) is 4.26. The molecule has 0 bridgehead atoms. The van der Waals surface area contributed by atoms with Gasteiger partial charge >= 0.3 is 5.91 Å². The van der Waals surface area contributed by atoms with E-state index >= 15 is 0 Å². The van der Waals surface area contributed by atoms with Gasteiger partial charge in [-0.2, -0.15) is 0 Å². The summed E-state index contributed by atoms with van der Waals surface area (Å²) in [6.45, 7) is 0.196. The highest BCUT2D eigenvalue weighted by Gasteiger charge is 2.12. The highest BCUT2D eigenvalue weighted by molar-refractivity contribution is 5.96. The number of carbonyl (C=O) groups is 2. The van der Waals surface area contributed by atoms with E-state index in [0.717, 1.165) is 5.56 Å². The fraction of sp³-hybridized carbons (Fsp3) is 0.0667. The maximum Gasteiger partial charge on any atom is 0.305 e. The van der Waals surface area contributed by atoms with E-state index in [2.05, 4.69) is 10.9 Å². The van der Waals surface area contributed by atoms with E-state index in [-0.39, 0.29) is 12.6 Å². The van der Waals surface area contributed by atoms with E-state index in [4.69, 9.17) is 13.9 Å². The molecule has 0 radical (unpaired) electrons. The number of hydrogen-bond acceptors (Lipinski definition) is 5. The van der Waals surface area contributed by atoms with Gasteiger partial charge in [-0.05, 0) is 35.9 Å². The molecule has 0 fully saturated rings. The van der Waals surface area contributed by atoms with Crippen LogP contribution in [0.15, 0.2) is 47.1 Å². The predicted molar refractivity (Wildman–Crippen MR) is 75.9 cm³/mol. The van der Waals surface area contributed by atoms with Gasteiger partial charge in [-0.3, -0.25) is 20.4 Å². The van der Waals surface area contributed by atoms with E-state index < -0.39 is 11.8 Å². The van der Waals surface area contributed by atoms with E-state index in [0.29, 0.717) is 11.5 Å². The molecule has 0 saturated carbocycles. The maximum absolute atomic E-state index is 11.6. The molecule has 0 aliphatic carbocycles. The number of ether oxygens (including phenoxy) is 2. The van der Waals surface area contributed by atoms with Crippen molar-refractivity contribution in [3.05, 3.63) is 54.0 Å². The lowest BCUT2D eigenvalue weighted by molar-refractivity contribution is -0.117. The molecule has 0 unspecified atom stereocenters. The molecule has 2 N–H and O–H groups in total. The number of benzene rings is 1. The zero-order chi connectivity index (χ0) is 15.4. The first-order valence-electron chi connectivity index (χ1n) is 6.44. The fourth-order valence-electron chi connectivity index (χ4n) is 1.82. The van der Waals surface area contributed by atoms with Crippen molar-refractivity contribution in [3.63, 3.8) is 0 Å². The minimum Gasteiger partial charge on any atom is -0.459 e.